The third kappa shape index (κ3) is 4.16. The van der Waals surface area contributed by atoms with Crippen molar-refractivity contribution in [2.24, 2.45) is 10.9 Å². The number of thioether (sulfide) groups is 1. The third-order valence-electron chi connectivity index (χ3n) is 3.02. The molecular formula is C15H22N2OS. The fraction of sp³-hybridized carbons (Fsp3) is 0.533. The fourth-order valence-corrected chi connectivity index (χ4v) is 2.97. The molecule has 4 heteroatoms. The highest BCUT2D eigenvalue weighted by atomic mass is 32.2. The maximum atomic E-state index is 5.57. The summed E-state index contributed by atoms with van der Waals surface area (Å²) >= 11 is 1.80. The van der Waals surface area contributed by atoms with Crippen LogP contribution in [0.2, 0.25) is 0 Å². The lowest BCUT2D eigenvalue weighted by atomic mass is 10.1. The van der Waals surface area contributed by atoms with Crippen LogP contribution in [-0.2, 0) is 0 Å². The van der Waals surface area contributed by atoms with Crippen LogP contribution in [-0.4, -0.2) is 23.6 Å². The predicted molar refractivity (Wildman–Crippen MR) is 84.4 cm³/mol. The van der Waals surface area contributed by atoms with E-state index in [1.807, 2.05) is 24.3 Å². The molecule has 0 spiro atoms. The Labute approximate surface area is 119 Å². The van der Waals surface area contributed by atoms with E-state index in [2.05, 4.69) is 26.1 Å². The molecule has 1 aliphatic rings. The summed E-state index contributed by atoms with van der Waals surface area (Å²) in [4.78, 5) is 4.69. The predicted octanol–water partition coefficient (Wildman–Crippen LogP) is 4.01. The average Bonchev–Trinajstić information content (AvgIpc) is 2.87. The van der Waals surface area contributed by atoms with Gasteiger partial charge in [-0.25, -0.2) is 0 Å². The van der Waals surface area contributed by atoms with Gasteiger partial charge in [0.25, 0.3) is 0 Å². The zero-order chi connectivity index (χ0) is 13.7. The SMILES string of the molecule is CCCOc1ccc(NC2=N[C@@H](C(C)C)CS2)cc1. The molecule has 0 unspecified atom stereocenters. The molecule has 0 saturated carbocycles. The van der Waals surface area contributed by atoms with E-state index in [9.17, 15) is 0 Å². The number of nitrogens with zero attached hydrogens (tertiary/aromatic N) is 1. The molecule has 19 heavy (non-hydrogen) atoms. The van der Waals surface area contributed by atoms with Crippen molar-refractivity contribution in [2.45, 2.75) is 33.2 Å². The fourth-order valence-electron chi connectivity index (χ4n) is 1.78. The Morgan fingerprint density at radius 1 is 1.37 bits per heavy atom. The van der Waals surface area contributed by atoms with Crippen LogP contribution in [0.3, 0.4) is 0 Å². The smallest absolute Gasteiger partial charge is 0.161 e. The molecular weight excluding hydrogens is 256 g/mol. The lowest BCUT2D eigenvalue weighted by molar-refractivity contribution is 0.317. The van der Waals surface area contributed by atoms with Gasteiger partial charge in [0.1, 0.15) is 5.75 Å². The summed E-state index contributed by atoms with van der Waals surface area (Å²) in [6.07, 6.45) is 1.03. The Morgan fingerprint density at radius 2 is 2.11 bits per heavy atom. The van der Waals surface area contributed by atoms with Crippen LogP contribution < -0.4 is 10.1 Å². The molecule has 2 rings (SSSR count). The Kier molecular flexibility index (Phi) is 5.14. The molecule has 0 aliphatic carbocycles. The molecule has 1 aromatic carbocycles. The minimum atomic E-state index is 0.444. The van der Waals surface area contributed by atoms with Crippen LogP contribution in [0.5, 0.6) is 5.75 Å². The lowest BCUT2D eigenvalue weighted by Gasteiger charge is -2.08. The second kappa shape index (κ2) is 6.85. The summed E-state index contributed by atoms with van der Waals surface area (Å²) in [5, 5.41) is 4.40. The zero-order valence-electron chi connectivity index (χ0n) is 11.8. The second-order valence-electron chi connectivity index (χ2n) is 5.05. The normalized spacial score (nSPS) is 18.5. The molecule has 0 amide bonds. The molecule has 1 atom stereocenters. The molecule has 1 heterocycles. The first kappa shape index (κ1) is 14.3. The molecule has 1 aromatic rings. The highest BCUT2D eigenvalue weighted by Crippen LogP contribution is 2.25. The van der Waals surface area contributed by atoms with Crippen molar-refractivity contribution >= 4 is 22.6 Å². The van der Waals surface area contributed by atoms with Crippen molar-refractivity contribution in [3.8, 4) is 5.75 Å². The molecule has 0 radical (unpaired) electrons. The van der Waals surface area contributed by atoms with Gasteiger partial charge in [-0.1, -0.05) is 32.5 Å². The molecule has 104 valence electrons. The van der Waals surface area contributed by atoms with Gasteiger partial charge in [0, 0.05) is 11.4 Å². The molecule has 3 nitrogen and oxygen atoms in total. The van der Waals surface area contributed by atoms with Crippen molar-refractivity contribution in [3.05, 3.63) is 24.3 Å². The average molecular weight is 278 g/mol. The number of anilines is 1. The van der Waals surface area contributed by atoms with Gasteiger partial charge in [-0.2, -0.15) is 0 Å². The van der Waals surface area contributed by atoms with E-state index in [0.717, 1.165) is 35.4 Å². The monoisotopic (exact) mass is 278 g/mol. The van der Waals surface area contributed by atoms with Crippen LogP contribution >= 0.6 is 11.8 Å². The highest BCUT2D eigenvalue weighted by molar-refractivity contribution is 8.14. The van der Waals surface area contributed by atoms with Crippen molar-refractivity contribution in [1.82, 2.24) is 0 Å². The molecule has 0 fully saturated rings. The summed E-state index contributed by atoms with van der Waals surface area (Å²) in [6.45, 7) is 7.32. The van der Waals surface area contributed by atoms with Crippen molar-refractivity contribution in [1.29, 1.82) is 0 Å². The molecule has 0 aromatic heterocycles. The van der Waals surface area contributed by atoms with E-state index in [1.165, 1.54) is 0 Å². The number of amidine groups is 1. The van der Waals surface area contributed by atoms with E-state index in [0.29, 0.717) is 12.0 Å². The number of nitrogens with one attached hydrogen (secondary N) is 1. The Hall–Kier alpha value is -1.16. The van der Waals surface area contributed by atoms with Crippen LogP contribution in [0.4, 0.5) is 5.69 Å². The quantitative estimate of drug-likeness (QED) is 0.883. The minimum absolute atomic E-state index is 0.444. The van der Waals surface area contributed by atoms with Gasteiger partial charge in [0.2, 0.25) is 0 Å². The van der Waals surface area contributed by atoms with Gasteiger partial charge in [0.05, 0.1) is 12.6 Å². The van der Waals surface area contributed by atoms with E-state index < -0.39 is 0 Å². The van der Waals surface area contributed by atoms with E-state index in [1.54, 1.807) is 11.8 Å². The molecule has 0 saturated heterocycles. The van der Waals surface area contributed by atoms with E-state index in [-0.39, 0.29) is 0 Å². The van der Waals surface area contributed by atoms with Crippen molar-refractivity contribution < 1.29 is 4.74 Å². The Bertz CT molecular complexity index is 428. The zero-order valence-corrected chi connectivity index (χ0v) is 12.7. The Balaban J connectivity index is 1.91. The van der Waals surface area contributed by atoms with Gasteiger partial charge in [-0.05, 0) is 36.6 Å². The lowest BCUT2D eigenvalue weighted by Crippen LogP contribution is -2.12. The standard InChI is InChI=1S/C15H22N2OS/c1-4-9-18-13-7-5-12(6-8-13)16-15-17-14(10-19-15)11(2)3/h5-8,11,14H,4,9-10H2,1-3H3,(H,16,17)/t14-/m1/s1. The molecule has 1 N–H and O–H groups in total. The summed E-state index contributed by atoms with van der Waals surface area (Å²) in [6, 6.07) is 8.52. The summed E-state index contributed by atoms with van der Waals surface area (Å²) in [5.41, 5.74) is 1.07. The van der Waals surface area contributed by atoms with E-state index >= 15 is 0 Å². The number of ether oxygens (including phenoxy) is 1. The summed E-state index contributed by atoms with van der Waals surface area (Å²) in [5.74, 6) is 2.61. The minimum Gasteiger partial charge on any atom is -0.494 e. The summed E-state index contributed by atoms with van der Waals surface area (Å²) < 4.78 is 5.57. The second-order valence-corrected chi connectivity index (χ2v) is 6.06. The van der Waals surface area contributed by atoms with Crippen molar-refractivity contribution in [2.75, 3.05) is 17.7 Å². The number of aliphatic imine (C=N–C) groups is 1. The first-order valence-electron chi connectivity index (χ1n) is 6.89. The number of hydrogen-bond donors (Lipinski definition) is 1. The number of rotatable bonds is 5. The molecule has 0 bridgehead atoms. The van der Waals surface area contributed by atoms with Crippen molar-refractivity contribution in [3.63, 3.8) is 0 Å². The third-order valence-corrected chi connectivity index (χ3v) is 4.01. The van der Waals surface area contributed by atoms with Gasteiger partial charge in [-0.3, -0.25) is 4.99 Å². The van der Waals surface area contributed by atoms with Gasteiger partial charge < -0.3 is 10.1 Å². The topological polar surface area (TPSA) is 33.6 Å². The highest BCUT2D eigenvalue weighted by Gasteiger charge is 2.20. The first-order chi connectivity index (χ1) is 9.19. The maximum Gasteiger partial charge on any atom is 0.161 e. The van der Waals surface area contributed by atoms with E-state index in [4.69, 9.17) is 9.73 Å². The first-order valence-corrected chi connectivity index (χ1v) is 7.88. The van der Waals surface area contributed by atoms with Crippen LogP contribution in [0.15, 0.2) is 29.3 Å². The number of benzene rings is 1. The van der Waals surface area contributed by atoms with Crippen LogP contribution in [0.25, 0.3) is 0 Å². The van der Waals surface area contributed by atoms with Crippen LogP contribution in [0, 0.1) is 5.92 Å². The largest absolute Gasteiger partial charge is 0.494 e. The molecule has 1 aliphatic heterocycles. The number of hydrogen-bond acceptors (Lipinski definition) is 4. The Morgan fingerprint density at radius 3 is 2.68 bits per heavy atom. The van der Waals surface area contributed by atoms with Crippen LogP contribution in [0.1, 0.15) is 27.2 Å². The summed E-state index contributed by atoms with van der Waals surface area (Å²) in [7, 11) is 0. The maximum absolute atomic E-state index is 5.57. The van der Waals surface area contributed by atoms with Gasteiger partial charge in [0.15, 0.2) is 5.17 Å². The van der Waals surface area contributed by atoms with Gasteiger partial charge in [-0.15, -0.1) is 0 Å². The van der Waals surface area contributed by atoms with Gasteiger partial charge >= 0.3 is 0 Å².